The molecule has 1 heterocycles. The zero-order chi connectivity index (χ0) is 10.7. The lowest BCUT2D eigenvalue weighted by molar-refractivity contribution is -0.138. The Labute approximate surface area is 89.1 Å². The molecule has 0 saturated heterocycles. The van der Waals surface area contributed by atoms with Crippen LogP contribution < -0.4 is 0 Å². The largest absolute Gasteiger partial charge is 0.269 e. The topological polar surface area (TPSA) is 37.4 Å². The Morgan fingerprint density at radius 2 is 1.87 bits per heavy atom. The van der Waals surface area contributed by atoms with Crippen molar-refractivity contribution in [1.29, 1.82) is 0 Å². The molecule has 2 amide bonds. The third-order valence-corrected chi connectivity index (χ3v) is 2.70. The minimum atomic E-state index is -0.222. The molecule has 1 aliphatic carbocycles. The maximum atomic E-state index is 11.4. The summed E-state index contributed by atoms with van der Waals surface area (Å²) in [4.78, 5) is 24.1. The SMILES string of the molecule is O=C1C=CC(=O)N1[C@@H]1C#CCCCCC1. The first kappa shape index (κ1) is 9.97. The summed E-state index contributed by atoms with van der Waals surface area (Å²) in [6.45, 7) is 0. The van der Waals surface area contributed by atoms with Crippen molar-refractivity contribution in [2.24, 2.45) is 0 Å². The lowest BCUT2D eigenvalue weighted by atomic mass is 10.0. The highest BCUT2D eigenvalue weighted by molar-refractivity contribution is 6.13. The van der Waals surface area contributed by atoms with Gasteiger partial charge in [-0.1, -0.05) is 18.8 Å². The van der Waals surface area contributed by atoms with E-state index in [1.165, 1.54) is 17.1 Å². The van der Waals surface area contributed by atoms with Gasteiger partial charge >= 0.3 is 0 Å². The van der Waals surface area contributed by atoms with Crippen molar-refractivity contribution in [2.45, 2.75) is 38.1 Å². The van der Waals surface area contributed by atoms with Crippen LogP contribution in [-0.4, -0.2) is 22.8 Å². The average Bonchev–Trinajstić information content (AvgIpc) is 2.48. The third-order valence-electron chi connectivity index (χ3n) is 2.70. The standard InChI is InChI=1S/C12H13NO2/c14-11-8-9-12(15)13(11)10-6-4-2-1-3-5-7-10/h8-10H,1-4,6H2/t10-/m0/s1. The van der Waals surface area contributed by atoms with Crippen LogP contribution in [-0.2, 0) is 9.59 Å². The Morgan fingerprint density at radius 3 is 2.60 bits per heavy atom. The normalized spacial score (nSPS) is 25.9. The van der Waals surface area contributed by atoms with E-state index < -0.39 is 0 Å². The zero-order valence-corrected chi connectivity index (χ0v) is 8.53. The van der Waals surface area contributed by atoms with Crippen LogP contribution in [0.3, 0.4) is 0 Å². The van der Waals surface area contributed by atoms with E-state index in [1.807, 2.05) is 0 Å². The van der Waals surface area contributed by atoms with E-state index in [4.69, 9.17) is 0 Å². The van der Waals surface area contributed by atoms with Crippen molar-refractivity contribution < 1.29 is 9.59 Å². The van der Waals surface area contributed by atoms with E-state index in [9.17, 15) is 9.59 Å². The van der Waals surface area contributed by atoms with Gasteiger partial charge in [0.25, 0.3) is 11.8 Å². The first-order valence-corrected chi connectivity index (χ1v) is 5.32. The van der Waals surface area contributed by atoms with E-state index >= 15 is 0 Å². The van der Waals surface area contributed by atoms with Gasteiger partial charge in [0, 0.05) is 18.6 Å². The van der Waals surface area contributed by atoms with Gasteiger partial charge in [-0.2, -0.15) is 0 Å². The molecule has 0 fully saturated rings. The second-order valence-electron chi connectivity index (χ2n) is 3.82. The molecule has 1 atom stereocenters. The minimum absolute atomic E-state index is 0.208. The van der Waals surface area contributed by atoms with Crippen LogP contribution in [0.4, 0.5) is 0 Å². The van der Waals surface area contributed by atoms with Crippen molar-refractivity contribution in [3.05, 3.63) is 12.2 Å². The smallest absolute Gasteiger partial charge is 0.254 e. The summed E-state index contributed by atoms with van der Waals surface area (Å²) in [5.41, 5.74) is 0. The molecule has 3 nitrogen and oxygen atoms in total. The molecule has 0 aromatic carbocycles. The number of rotatable bonds is 1. The maximum Gasteiger partial charge on any atom is 0.254 e. The summed E-state index contributed by atoms with van der Waals surface area (Å²) < 4.78 is 0. The van der Waals surface area contributed by atoms with Crippen molar-refractivity contribution in [1.82, 2.24) is 4.90 Å². The molecule has 0 N–H and O–H groups in total. The molecule has 2 rings (SSSR count). The molecule has 0 unspecified atom stereocenters. The Kier molecular flexibility index (Phi) is 2.86. The molecule has 0 bridgehead atoms. The molecule has 15 heavy (non-hydrogen) atoms. The van der Waals surface area contributed by atoms with Crippen LogP contribution in [0.15, 0.2) is 12.2 Å². The van der Waals surface area contributed by atoms with Gasteiger partial charge in [0.15, 0.2) is 0 Å². The van der Waals surface area contributed by atoms with Crippen LogP contribution in [0.1, 0.15) is 32.1 Å². The van der Waals surface area contributed by atoms with Gasteiger partial charge in [-0.3, -0.25) is 14.5 Å². The summed E-state index contributed by atoms with van der Waals surface area (Å²) in [6.07, 6.45) is 7.63. The minimum Gasteiger partial charge on any atom is -0.269 e. The number of carbonyl (C=O) groups excluding carboxylic acids is 2. The van der Waals surface area contributed by atoms with E-state index in [2.05, 4.69) is 11.8 Å². The quantitative estimate of drug-likeness (QED) is 0.475. The van der Waals surface area contributed by atoms with Gasteiger partial charge in [0.05, 0.1) is 0 Å². The molecular formula is C12H13NO2. The number of imide groups is 1. The third kappa shape index (κ3) is 2.10. The summed E-state index contributed by atoms with van der Waals surface area (Å²) in [5, 5.41) is 0. The van der Waals surface area contributed by atoms with E-state index in [0.717, 1.165) is 32.1 Å². The lowest BCUT2D eigenvalue weighted by Gasteiger charge is -2.22. The van der Waals surface area contributed by atoms with Gasteiger partial charge in [0.2, 0.25) is 0 Å². The fourth-order valence-electron chi connectivity index (χ4n) is 1.90. The predicted molar refractivity (Wildman–Crippen MR) is 55.6 cm³/mol. The van der Waals surface area contributed by atoms with Gasteiger partial charge in [-0.15, -0.1) is 5.92 Å². The van der Waals surface area contributed by atoms with Crippen molar-refractivity contribution in [3.63, 3.8) is 0 Å². The molecule has 3 heteroatoms. The van der Waals surface area contributed by atoms with Gasteiger partial charge in [-0.05, 0) is 12.8 Å². The predicted octanol–water partition coefficient (Wildman–Crippen LogP) is 1.25. The molecule has 1 aliphatic heterocycles. The van der Waals surface area contributed by atoms with Crippen LogP contribution in [0.25, 0.3) is 0 Å². The van der Waals surface area contributed by atoms with Crippen LogP contribution in [0.2, 0.25) is 0 Å². The van der Waals surface area contributed by atoms with E-state index in [0.29, 0.717) is 0 Å². The van der Waals surface area contributed by atoms with Crippen LogP contribution in [0.5, 0.6) is 0 Å². The second-order valence-corrected chi connectivity index (χ2v) is 3.82. The Morgan fingerprint density at radius 1 is 1.13 bits per heavy atom. The summed E-state index contributed by atoms with van der Waals surface area (Å²) in [6, 6.07) is -0.208. The Hall–Kier alpha value is -1.56. The molecule has 2 aliphatic rings. The van der Waals surface area contributed by atoms with Crippen LogP contribution >= 0.6 is 0 Å². The van der Waals surface area contributed by atoms with Gasteiger partial charge in [0.1, 0.15) is 6.04 Å². The Balaban J connectivity index is 2.14. The average molecular weight is 203 g/mol. The highest BCUT2D eigenvalue weighted by Gasteiger charge is 2.29. The summed E-state index contributed by atoms with van der Waals surface area (Å²) in [5.74, 6) is 5.61. The van der Waals surface area contributed by atoms with Crippen molar-refractivity contribution in [2.75, 3.05) is 0 Å². The second kappa shape index (κ2) is 4.31. The molecule has 78 valence electrons. The Bertz CT molecular complexity index is 355. The first-order valence-electron chi connectivity index (χ1n) is 5.32. The summed E-state index contributed by atoms with van der Waals surface area (Å²) >= 11 is 0. The highest BCUT2D eigenvalue weighted by atomic mass is 16.2. The molecule has 0 saturated carbocycles. The number of hydrogen-bond acceptors (Lipinski definition) is 2. The lowest BCUT2D eigenvalue weighted by Crippen LogP contribution is -2.39. The van der Waals surface area contributed by atoms with Crippen molar-refractivity contribution in [3.8, 4) is 11.8 Å². The molecule has 0 aromatic heterocycles. The first-order chi connectivity index (χ1) is 7.29. The fourth-order valence-corrected chi connectivity index (χ4v) is 1.90. The maximum absolute atomic E-state index is 11.4. The number of carbonyl (C=O) groups is 2. The zero-order valence-electron chi connectivity index (χ0n) is 8.53. The number of hydrogen-bond donors (Lipinski definition) is 0. The number of nitrogens with zero attached hydrogens (tertiary/aromatic N) is 1. The monoisotopic (exact) mass is 203 g/mol. The molecule has 0 aromatic rings. The number of amides is 2. The fraction of sp³-hybridized carbons (Fsp3) is 0.500. The van der Waals surface area contributed by atoms with Crippen molar-refractivity contribution >= 4 is 11.8 Å². The summed E-state index contributed by atoms with van der Waals surface area (Å²) in [7, 11) is 0. The van der Waals surface area contributed by atoms with Gasteiger partial charge < -0.3 is 0 Å². The highest BCUT2D eigenvalue weighted by Crippen LogP contribution is 2.16. The van der Waals surface area contributed by atoms with E-state index in [1.54, 1.807) is 0 Å². The molecule has 0 radical (unpaired) electrons. The molecule has 0 spiro atoms. The van der Waals surface area contributed by atoms with E-state index in [-0.39, 0.29) is 17.9 Å². The van der Waals surface area contributed by atoms with Crippen LogP contribution in [0, 0.1) is 11.8 Å². The molecular weight excluding hydrogens is 190 g/mol. The van der Waals surface area contributed by atoms with Gasteiger partial charge in [-0.25, -0.2) is 0 Å².